The van der Waals surface area contributed by atoms with Crippen molar-refractivity contribution in [2.24, 2.45) is 0 Å². The Bertz CT molecular complexity index is 940. The van der Waals surface area contributed by atoms with Crippen LogP contribution in [0, 0.1) is 0 Å². The topological polar surface area (TPSA) is 79.0 Å². The van der Waals surface area contributed by atoms with E-state index in [9.17, 15) is 14.4 Å². The maximum atomic E-state index is 13.0. The van der Waals surface area contributed by atoms with E-state index >= 15 is 0 Å². The van der Waals surface area contributed by atoms with Crippen molar-refractivity contribution < 1.29 is 19.1 Å². The number of nitrogens with zero attached hydrogens (tertiary/aromatic N) is 2. The normalized spacial score (nSPS) is 18.3. The monoisotopic (exact) mass is 409 g/mol. The summed E-state index contributed by atoms with van der Waals surface area (Å²) in [4.78, 5) is 40.7. The Kier molecular flexibility index (Phi) is 6.10. The standard InChI is InChI=1S/C23H27N3O4/c1-5-16-6-8-17(9-7-16)14-25(3)20(27)15-26-21(28)23(2,24-22(26)29)18-10-12-19(30-4)13-11-18/h6-13H,5,14-15H2,1-4H3,(H,24,29)/t23-/m1/s1. The highest BCUT2D eigenvalue weighted by atomic mass is 16.5. The lowest BCUT2D eigenvalue weighted by molar-refractivity contribution is -0.138. The minimum absolute atomic E-state index is 0.306. The van der Waals surface area contributed by atoms with Gasteiger partial charge in [-0.25, -0.2) is 4.79 Å². The first-order valence-electron chi connectivity index (χ1n) is 9.89. The SMILES string of the molecule is CCc1ccc(CN(C)C(=O)CN2C(=O)N[C@](C)(c3ccc(OC)cc3)C2=O)cc1. The number of urea groups is 1. The van der Waals surface area contributed by atoms with Gasteiger partial charge in [0.15, 0.2) is 0 Å². The van der Waals surface area contributed by atoms with E-state index in [1.807, 2.05) is 24.3 Å². The van der Waals surface area contributed by atoms with E-state index in [1.54, 1.807) is 45.3 Å². The van der Waals surface area contributed by atoms with Gasteiger partial charge in [-0.05, 0) is 42.2 Å². The number of imide groups is 1. The van der Waals surface area contributed by atoms with Gasteiger partial charge in [0.2, 0.25) is 5.91 Å². The van der Waals surface area contributed by atoms with E-state index in [0.29, 0.717) is 17.9 Å². The van der Waals surface area contributed by atoms with Crippen LogP contribution in [0.25, 0.3) is 0 Å². The molecular weight excluding hydrogens is 382 g/mol. The largest absolute Gasteiger partial charge is 0.497 e. The lowest BCUT2D eigenvalue weighted by atomic mass is 9.92. The molecule has 2 aromatic carbocycles. The molecule has 0 aromatic heterocycles. The summed E-state index contributed by atoms with van der Waals surface area (Å²) < 4.78 is 5.14. The van der Waals surface area contributed by atoms with Gasteiger partial charge >= 0.3 is 6.03 Å². The first-order chi connectivity index (χ1) is 14.3. The lowest BCUT2D eigenvalue weighted by Gasteiger charge is -2.23. The Morgan fingerprint density at radius 1 is 1.07 bits per heavy atom. The van der Waals surface area contributed by atoms with E-state index < -0.39 is 17.5 Å². The summed E-state index contributed by atoms with van der Waals surface area (Å²) in [7, 11) is 3.22. The van der Waals surface area contributed by atoms with Crippen LogP contribution in [0.5, 0.6) is 5.75 Å². The number of methoxy groups -OCH3 is 1. The molecule has 0 aliphatic carbocycles. The molecule has 30 heavy (non-hydrogen) atoms. The maximum absolute atomic E-state index is 13.0. The third kappa shape index (κ3) is 4.15. The average molecular weight is 409 g/mol. The number of ether oxygens (including phenoxy) is 1. The second-order valence-corrected chi connectivity index (χ2v) is 7.59. The predicted octanol–water partition coefficient (Wildman–Crippen LogP) is 2.68. The summed E-state index contributed by atoms with van der Waals surface area (Å²) in [5.41, 5.74) is 1.62. The van der Waals surface area contributed by atoms with Crippen molar-refractivity contribution in [2.75, 3.05) is 20.7 Å². The van der Waals surface area contributed by atoms with E-state index in [2.05, 4.69) is 12.2 Å². The number of hydrogen-bond donors (Lipinski definition) is 1. The van der Waals surface area contributed by atoms with Gasteiger partial charge in [0.05, 0.1) is 7.11 Å². The maximum Gasteiger partial charge on any atom is 0.325 e. The number of rotatable bonds is 7. The fourth-order valence-electron chi connectivity index (χ4n) is 3.46. The zero-order valence-electron chi connectivity index (χ0n) is 17.8. The average Bonchev–Trinajstić information content (AvgIpc) is 2.98. The van der Waals surface area contributed by atoms with E-state index in [1.165, 1.54) is 10.5 Å². The molecule has 7 nitrogen and oxygen atoms in total. The molecule has 0 radical (unpaired) electrons. The Morgan fingerprint density at radius 3 is 2.23 bits per heavy atom. The van der Waals surface area contributed by atoms with Crippen molar-refractivity contribution in [1.82, 2.24) is 15.1 Å². The molecular formula is C23H27N3O4. The highest BCUT2D eigenvalue weighted by Gasteiger charge is 2.49. The first-order valence-corrected chi connectivity index (χ1v) is 9.89. The van der Waals surface area contributed by atoms with Crippen molar-refractivity contribution in [1.29, 1.82) is 0 Å². The van der Waals surface area contributed by atoms with Crippen molar-refractivity contribution in [3.63, 3.8) is 0 Å². The zero-order valence-corrected chi connectivity index (χ0v) is 17.8. The Labute approximate surface area is 176 Å². The smallest absolute Gasteiger partial charge is 0.325 e. The molecule has 0 unspecified atom stereocenters. The number of aryl methyl sites for hydroxylation is 1. The second-order valence-electron chi connectivity index (χ2n) is 7.59. The third-order valence-corrected chi connectivity index (χ3v) is 5.51. The molecule has 0 bridgehead atoms. The van der Waals surface area contributed by atoms with Crippen LogP contribution < -0.4 is 10.1 Å². The van der Waals surface area contributed by atoms with Crippen LogP contribution in [-0.2, 0) is 28.1 Å². The Morgan fingerprint density at radius 2 is 1.67 bits per heavy atom. The molecule has 1 fully saturated rings. The van der Waals surface area contributed by atoms with Gasteiger partial charge in [0, 0.05) is 13.6 Å². The summed E-state index contributed by atoms with van der Waals surface area (Å²) >= 11 is 0. The van der Waals surface area contributed by atoms with Crippen molar-refractivity contribution >= 4 is 17.8 Å². The molecule has 7 heteroatoms. The molecule has 1 N–H and O–H groups in total. The third-order valence-electron chi connectivity index (χ3n) is 5.51. The molecule has 1 atom stereocenters. The number of benzene rings is 2. The molecule has 1 aliphatic heterocycles. The van der Waals surface area contributed by atoms with Crippen LogP contribution in [0.2, 0.25) is 0 Å². The summed E-state index contributed by atoms with van der Waals surface area (Å²) in [5, 5.41) is 2.72. The van der Waals surface area contributed by atoms with Gasteiger partial charge in [0.1, 0.15) is 17.8 Å². The minimum atomic E-state index is -1.22. The molecule has 2 aromatic rings. The minimum Gasteiger partial charge on any atom is -0.497 e. The fraction of sp³-hybridized carbons (Fsp3) is 0.348. The molecule has 3 rings (SSSR count). The quantitative estimate of drug-likeness (QED) is 0.713. The van der Waals surface area contributed by atoms with E-state index in [4.69, 9.17) is 4.74 Å². The Balaban J connectivity index is 1.68. The number of amides is 4. The van der Waals surface area contributed by atoms with Gasteiger partial charge in [-0.3, -0.25) is 14.5 Å². The lowest BCUT2D eigenvalue weighted by Crippen LogP contribution is -2.43. The number of likely N-dealkylation sites (N-methyl/N-ethyl adjacent to an activating group) is 1. The van der Waals surface area contributed by atoms with Crippen LogP contribution in [-0.4, -0.2) is 48.3 Å². The molecule has 158 valence electrons. The van der Waals surface area contributed by atoms with E-state index in [0.717, 1.165) is 16.9 Å². The fourth-order valence-corrected chi connectivity index (χ4v) is 3.46. The number of hydrogen-bond acceptors (Lipinski definition) is 4. The van der Waals surface area contributed by atoms with Crippen LogP contribution in [0.4, 0.5) is 4.79 Å². The molecule has 0 spiro atoms. The number of carbonyl (C=O) groups is 3. The first kappa shape index (κ1) is 21.4. The molecule has 4 amide bonds. The molecule has 1 aliphatic rings. The van der Waals surface area contributed by atoms with Crippen LogP contribution in [0.1, 0.15) is 30.5 Å². The van der Waals surface area contributed by atoms with Crippen molar-refractivity contribution in [2.45, 2.75) is 32.4 Å². The van der Waals surface area contributed by atoms with Gasteiger partial charge in [0.25, 0.3) is 5.91 Å². The summed E-state index contributed by atoms with van der Waals surface area (Å²) in [6.45, 7) is 3.82. The summed E-state index contributed by atoms with van der Waals surface area (Å²) in [6, 6.07) is 14.4. The number of carbonyl (C=O) groups excluding carboxylic acids is 3. The van der Waals surface area contributed by atoms with Crippen LogP contribution in [0.15, 0.2) is 48.5 Å². The van der Waals surface area contributed by atoms with Gasteiger partial charge in [-0.15, -0.1) is 0 Å². The highest BCUT2D eigenvalue weighted by Crippen LogP contribution is 2.30. The predicted molar refractivity (Wildman–Crippen MR) is 113 cm³/mol. The molecule has 0 saturated carbocycles. The van der Waals surface area contributed by atoms with Crippen LogP contribution in [0.3, 0.4) is 0 Å². The van der Waals surface area contributed by atoms with Gasteiger partial charge in [-0.1, -0.05) is 43.3 Å². The Hall–Kier alpha value is -3.35. The summed E-state index contributed by atoms with van der Waals surface area (Å²) in [6.07, 6.45) is 0.953. The van der Waals surface area contributed by atoms with Crippen molar-refractivity contribution in [3.05, 3.63) is 65.2 Å². The molecule has 1 heterocycles. The van der Waals surface area contributed by atoms with Gasteiger partial charge in [-0.2, -0.15) is 0 Å². The van der Waals surface area contributed by atoms with Gasteiger partial charge < -0.3 is 15.0 Å². The zero-order chi connectivity index (χ0) is 21.9. The van der Waals surface area contributed by atoms with Crippen molar-refractivity contribution in [3.8, 4) is 5.75 Å². The summed E-state index contributed by atoms with van der Waals surface area (Å²) in [5.74, 6) is -0.108. The molecule has 1 saturated heterocycles. The second kappa shape index (κ2) is 8.57. The number of nitrogens with one attached hydrogen (secondary N) is 1. The highest BCUT2D eigenvalue weighted by molar-refractivity contribution is 6.09. The van der Waals surface area contributed by atoms with E-state index in [-0.39, 0.29) is 12.5 Å². The van der Waals surface area contributed by atoms with Crippen LogP contribution >= 0.6 is 0 Å².